The fourth-order valence-electron chi connectivity index (χ4n) is 2.70. The molecule has 0 atom stereocenters. The minimum absolute atomic E-state index is 0.732. The van der Waals surface area contributed by atoms with Crippen molar-refractivity contribution in [3.05, 3.63) is 79.1 Å². The van der Waals surface area contributed by atoms with Gasteiger partial charge in [-0.3, -0.25) is 4.57 Å². The van der Waals surface area contributed by atoms with Crippen molar-refractivity contribution >= 4 is 16.7 Å². The molecule has 3 heteroatoms. The molecule has 0 unspecified atom stereocenters. The van der Waals surface area contributed by atoms with Gasteiger partial charge in [-0.25, -0.2) is 4.98 Å². The van der Waals surface area contributed by atoms with Crippen LogP contribution in [0.2, 0.25) is 0 Å². The maximum absolute atomic E-state index is 5.82. The maximum atomic E-state index is 5.82. The van der Waals surface area contributed by atoms with Gasteiger partial charge in [0.1, 0.15) is 6.33 Å². The van der Waals surface area contributed by atoms with Gasteiger partial charge >= 0.3 is 0 Å². The van der Waals surface area contributed by atoms with Gasteiger partial charge < -0.3 is 5.73 Å². The zero-order valence-corrected chi connectivity index (χ0v) is 12.0. The molecular formula is C19H15N3. The smallest absolute Gasteiger partial charge is 0.100 e. The highest BCUT2D eigenvalue weighted by atomic mass is 15.0. The number of nitrogens with two attached hydrogens (primary N) is 1. The van der Waals surface area contributed by atoms with Crippen LogP contribution in [0, 0.1) is 0 Å². The van der Waals surface area contributed by atoms with Gasteiger partial charge in [-0.05, 0) is 41.5 Å². The van der Waals surface area contributed by atoms with Gasteiger partial charge in [0.2, 0.25) is 0 Å². The summed E-state index contributed by atoms with van der Waals surface area (Å²) in [5.74, 6) is 0. The van der Waals surface area contributed by atoms with Crippen molar-refractivity contribution in [1.82, 2.24) is 9.55 Å². The normalized spacial score (nSPS) is 10.9. The Morgan fingerprint density at radius 3 is 2.45 bits per heavy atom. The van der Waals surface area contributed by atoms with Crippen molar-refractivity contribution in [1.29, 1.82) is 0 Å². The molecule has 4 rings (SSSR count). The Labute approximate surface area is 128 Å². The van der Waals surface area contributed by atoms with Crippen molar-refractivity contribution < 1.29 is 0 Å². The largest absolute Gasteiger partial charge is 0.399 e. The van der Waals surface area contributed by atoms with Crippen LogP contribution in [0.3, 0.4) is 0 Å². The Hall–Kier alpha value is -3.07. The van der Waals surface area contributed by atoms with E-state index in [1.54, 1.807) is 0 Å². The first-order valence-electron chi connectivity index (χ1n) is 7.20. The summed E-state index contributed by atoms with van der Waals surface area (Å²) < 4.78 is 2.08. The Bertz CT molecular complexity index is 939. The molecule has 0 aliphatic carbocycles. The molecule has 0 amide bonds. The van der Waals surface area contributed by atoms with Gasteiger partial charge in [-0.15, -0.1) is 0 Å². The molecule has 1 aromatic heterocycles. The first-order chi connectivity index (χ1) is 10.8. The third-order valence-electron chi connectivity index (χ3n) is 3.80. The van der Waals surface area contributed by atoms with Crippen molar-refractivity contribution in [3.63, 3.8) is 0 Å². The molecule has 0 saturated carbocycles. The lowest BCUT2D eigenvalue weighted by Crippen LogP contribution is -1.92. The quantitative estimate of drug-likeness (QED) is 0.559. The maximum Gasteiger partial charge on any atom is 0.100 e. The molecule has 0 saturated heterocycles. The Morgan fingerprint density at radius 1 is 0.773 bits per heavy atom. The monoisotopic (exact) mass is 285 g/mol. The molecule has 0 radical (unpaired) electrons. The van der Waals surface area contributed by atoms with Gasteiger partial charge in [0.05, 0.1) is 11.0 Å². The lowest BCUT2D eigenvalue weighted by Gasteiger charge is -2.08. The molecule has 4 aromatic rings. The average Bonchev–Trinajstić information content (AvgIpc) is 2.99. The average molecular weight is 285 g/mol. The number of aromatic nitrogens is 2. The second kappa shape index (κ2) is 5.04. The van der Waals surface area contributed by atoms with Gasteiger partial charge in [-0.2, -0.15) is 0 Å². The lowest BCUT2D eigenvalue weighted by atomic mass is 10.1. The summed E-state index contributed by atoms with van der Waals surface area (Å²) in [4.78, 5) is 4.44. The number of fused-ring (bicyclic) bond motifs is 1. The van der Waals surface area contributed by atoms with E-state index in [1.165, 1.54) is 11.1 Å². The zero-order chi connectivity index (χ0) is 14.9. The third kappa shape index (κ3) is 2.13. The highest BCUT2D eigenvalue weighted by Crippen LogP contribution is 2.25. The van der Waals surface area contributed by atoms with Gasteiger partial charge in [-0.1, -0.05) is 42.5 Å². The molecule has 3 nitrogen and oxygen atoms in total. The summed E-state index contributed by atoms with van der Waals surface area (Å²) >= 11 is 0. The van der Waals surface area contributed by atoms with Crippen LogP contribution in [0.4, 0.5) is 5.69 Å². The SMILES string of the molecule is Nc1ccc2c(c1)ncn2-c1cccc(-c2ccccc2)c1. The standard InChI is InChI=1S/C19H15N3/c20-16-9-10-19-18(12-16)21-13-22(19)17-8-4-7-15(11-17)14-5-2-1-3-6-14/h1-13H,20H2. The van der Waals surface area contributed by atoms with Gasteiger partial charge in [0, 0.05) is 11.4 Å². The van der Waals surface area contributed by atoms with Crippen LogP contribution in [0.15, 0.2) is 79.1 Å². The highest BCUT2D eigenvalue weighted by molar-refractivity contribution is 5.81. The first kappa shape index (κ1) is 12.7. The van der Waals surface area contributed by atoms with E-state index in [4.69, 9.17) is 5.73 Å². The van der Waals surface area contributed by atoms with Gasteiger partial charge in [0.25, 0.3) is 0 Å². The van der Waals surface area contributed by atoms with E-state index >= 15 is 0 Å². The van der Waals surface area contributed by atoms with E-state index in [-0.39, 0.29) is 0 Å². The summed E-state index contributed by atoms with van der Waals surface area (Å²) in [6.45, 7) is 0. The first-order valence-corrected chi connectivity index (χ1v) is 7.20. The van der Waals surface area contributed by atoms with Crippen molar-refractivity contribution in [2.45, 2.75) is 0 Å². The summed E-state index contributed by atoms with van der Waals surface area (Å²) in [5, 5.41) is 0. The van der Waals surface area contributed by atoms with Crippen molar-refractivity contribution in [2.75, 3.05) is 5.73 Å². The van der Waals surface area contributed by atoms with Crippen LogP contribution in [-0.4, -0.2) is 9.55 Å². The topological polar surface area (TPSA) is 43.8 Å². The fourth-order valence-corrected chi connectivity index (χ4v) is 2.70. The third-order valence-corrected chi connectivity index (χ3v) is 3.80. The summed E-state index contributed by atoms with van der Waals surface area (Å²) in [7, 11) is 0. The van der Waals surface area contributed by atoms with E-state index in [9.17, 15) is 0 Å². The summed E-state index contributed by atoms with van der Waals surface area (Å²) in [6.07, 6.45) is 1.84. The van der Waals surface area contributed by atoms with E-state index < -0.39 is 0 Å². The van der Waals surface area contributed by atoms with E-state index in [1.807, 2.05) is 30.6 Å². The van der Waals surface area contributed by atoms with E-state index in [0.717, 1.165) is 22.4 Å². The number of benzene rings is 3. The molecule has 0 aliphatic heterocycles. The molecule has 22 heavy (non-hydrogen) atoms. The zero-order valence-electron chi connectivity index (χ0n) is 12.0. The Kier molecular flexibility index (Phi) is 2.90. The molecule has 0 spiro atoms. The fraction of sp³-hybridized carbons (Fsp3) is 0. The highest BCUT2D eigenvalue weighted by Gasteiger charge is 2.06. The van der Waals surface area contributed by atoms with Crippen LogP contribution in [0.1, 0.15) is 0 Å². The molecule has 0 bridgehead atoms. The number of anilines is 1. The van der Waals surface area contributed by atoms with Crippen LogP contribution in [-0.2, 0) is 0 Å². The number of rotatable bonds is 2. The predicted molar refractivity (Wildman–Crippen MR) is 90.9 cm³/mol. The van der Waals surface area contributed by atoms with Crippen LogP contribution in [0.5, 0.6) is 0 Å². The minimum atomic E-state index is 0.732. The van der Waals surface area contributed by atoms with Crippen LogP contribution >= 0.6 is 0 Å². The molecule has 3 aromatic carbocycles. The lowest BCUT2D eigenvalue weighted by molar-refractivity contribution is 1.09. The number of nitrogen functional groups attached to an aromatic ring is 1. The summed E-state index contributed by atoms with van der Waals surface area (Å²) in [5.41, 5.74) is 12.0. The van der Waals surface area contributed by atoms with Crippen LogP contribution < -0.4 is 5.73 Å². The summed E-state index contributed by atoms with van der Waals surface area (Å²) in [6, 6.07) is 24.6. The number of hydrogen-bond donors (Lipinski definition) is 1. The minimum Gasteiger partial charge on any atom is -0.399 e. The van der Waals surface area contributed by atoms with Crippen molar-refractivity contribution in [3.8, 4) is 16.8 Å². The number of hydrogen-bond acceptors (Lipinski definition) is 2. The second-order valence-electron chi connectivity index (χ2n) is 5.28. The van der Waals surface area contributed by atoms with E-state index in [2.05, 4.69) is 58.1 Å². The predicted octanol–water partition coefficient (Wildman–Crippen LogP) is 4.27. The molecule has 1 heterocycles. The number of imidazole rings is 1. The Morgan fingerprint density at radius 2 is 1.59 bits per heavy atom. The molecule has 0 fully saturated rings. The van der Waals surface area contributed by atoms with Gasteiger partial charge in [0.15, 0.2) is 0 Å². The van der Waals surface area contributed by atoms with Crippen molar-refractivity contribution in [2.24, 2.45) is 0 Å². The molecule has 0 aliphatic rings. The molecule has 106 valence electrons. The molecular weight excluding hydrogens is 270 g/mol. The second-order valence-corrected chi connectivity index (χ2v) is 5.28. The number of nitrogens with zero attached hydrogens (tertiary/aromatic N) is 2. The molecule has 2 N–H and O–H groups in total. The van der Waals surface area contributed by atoms with Crippen LogP contribution in [0.25, 0.3) is 27.8 Å². The van der Waals surface area contributed by atoms with E-state index in [0.29, 0.717) is 0 Å². The Balaban J connectivity index is 1.85.